The van der Waals surface area contributed by atoms with E-state index in [2.05, 4.69) is 130 Å². The molecule has 0 aliphatic heterocycles. The van der Waals surface area contributed by atoms with E-state index in [1.54, 1.807) is 0 Å². The molecule has 0 unspecified atom stereocenters. The third-order valence-corrected chi connectivity index (χ3v) is 6.46. The van der Waals surface area contributed by atoms with Crippen LogP contribution in [0.15, 0.2) is 168 Å². The molecule has 0 bridgehead atoms. The van der Waals surface area contributed by atoms with Gasteiger partial charge in [-0.15, -0.1) is 0 Å². The Balaban J connectivity index is 1.53. The molecule has 6 rings (SSSR count). The molecular weight excluding hydrogens is 462 g/mol. The molecule has 0 aliphatic rings. The van der Waals surface area contributed by atoms with Gasteiger partial charge in [-0.2, -0.15) is 14.8 Å². The van der Waals surface area contributed by atoms with Crippen LogP contribution in [0.2, 0.25) is 0 Å². The first kappa shape index (κ1) is 23.3. The normalized spacial score (nSPS) is 11.1. The zero-order valence-electron chi connectivity index (χ0n) is 20.9. The Hall–Kier alpha value is -5.15. The molecule has 0 radical (unpaired) electrons. The minimum Gasteiger partial charge on any atom is -0.153 e. The molecule has 6 aromatic rings. The van der Waals surface area contributed by atoms with E-state index in [0.29, 0.717) is 0 Å². The van der Waals surface area contributed by atoms with E-state index in [0.717, 1.165) is 39.6 Å². The first-order valence-corrected chi connectivity index (χ1v) is 12.7. The molecule has 0 saturated carbocycles. The summed E-state index contributed by atoms with van der Waals surface area (Å²) in [6.07, 6.45) is 0. The van der Waals surface area contributed by atoms with Gasteiger partial charge in [0.2, 0.25) is 17.1 Å². The van der Waals surface area contributed by atoms with Crippen molar-refractivity contribution >= 4 is 11.4 Å². The lowest BCUT2D eigenvalue weighted by Crippen LogP contribution is -2.36. The first-order chi connectivity index (χ1) is 18.8. The van der Waals surface area contributed by atoms with Crippen LogP contribution < -0.4 is 4.57 Å². The van der Waals surface area contributed by atoms with Crippen molar-refractivity contribution < 1.29 is 4.57 Å². The first-order valence-electron chi connectivity index (χ1n) is 12.7. The van der Waals surface area contributed by atoms with Crippen LogP contribution in [0.4, 0.5) is 11.4 Å². The van der Waals surface area contributed by atoms with Gasteiger partial charge < -0.3 is 0 Å². The third-order valence-electron chi connectivity index (χ3n) is 6.46. The highest BCUT2D eigenvalue weighted by molar-refractivity contribution is 5.74. The summed E-state index contributed by atoms with van der Waals surface area (Å²) in [5, 5.41) is 8.81. The summed E-state index contributed by atoms with van der Waals surface area (Å²) in [5.74, 6) is 0. The second kappa shape index (κ2) is 10.9. The van der Waals surface area contributed by atoms with Crippen LogP contribution in [0.1, 0.15) is 0 Å². The van der Waals surface area contributed by atoms with E-state index in [1.807, 2.05) is 42.5 Å². The van der Waals surface area contributed by atoms with Crippen molar-refractivity contribution in [1.82, 2.24) is 0 Å². The number of hydrogen-bond donors (Lipinski definition) is 0. The van der Waals surface area contributed by atoms with E-state index >= 15 is 0 Å². The second-order valence-electron chi connectivity index (χ2n) is 9.00. The highest BCUT2D eigenvalue weighted by Crippen LogP contribution is 2.31. The van der Waals surface area contributed by atoms with Crippen LogP contribution in [0.3, 0.4) is 0 Å². The fourth-order valence-electron chi connectivity index (χ4n) is 4.59. The fraction of sp³-hybridized carbons (Fsp3) is 0. The summed E-state index contributed by atoms with van der Waals surface area (Å²) >= 11 is 0. The topological polar surface area (TPSA) is 28.6 Å². The molecule has 1 aromatic heterocycles. The van der Waals surface area contributed by atoms with Crippen molar-refractivity contribution in [2.75, 3.05) is 0 Å². The van der Waals surface area contributed by atoms with Crippen LogP contribution >= 0.6 is 0 Å². The molecule has 3 heteroatoms. The van der Waals surface area contributed by atoms with Gasteiger partial charge in [0, 0.05) is 35.4 Å². The van der Waals surface area contributed by atoms with Crippen LogP contribution in [-0.2, 0) is 0 Å². The van der Waals surface area contributed by atoms with Gasteiger partial charge in [-0.05, 0) is 59.7 Å². The number of aromatic nitrogens is 1. The quantitative estimate of drug-likeness (QED) is 0.165. The van der Waals surface area contributed by atoms with Crippen LogP contribution in [0.5, 0.6) is 0 Å². The molecule has 0 N–H and O–H groups in total. The standard InChI is InChI=1S/C35H26N3/c1-5-13-27(14-6-1)30-25-34(28-15-7-2-8-16-28)38(35(26-30)29-17-9-3-10-18-29)33-23-21-32(22-24-33)37-36-31-19-11-4-12-20-31/h1-26H/q+1. The number of nitrogens with zero attached hydrogens (tertiary/aromatic N) is 3. The van der Waals surface area contributed by atoms with E-state index in [1.165, 1.54) is 11.1 Å². The molecule has 0 aliphatic carbocycles. The monoisotopic (exact) mass is 488 g/mol. The average molecular weight is 489 g/mol. The lowest BCUT2D eigenvalue weighted by atomic mass is 9.98. The molecule has 5 aromatic carbocycles. The Morgan fingerprint density at radius 3 is 1.21 bits per heavy atom. The van der Waals surface area contributed by atoms with Crippen molar-refractivity contribution in [3.8, 4) is 39.3 Å². The van der Waals surface area contributed by atoms with E-state index in [9.17, 15) is 0 Å². The van der Waals surface area contributed by atoms with Crippen LogP contribution in [0.25, 0.3) is 39.3 Å². The van der Waals surface area contributed by atoms with Crippen LogP contribution in [0, 0.1) is 0 Å². The maximum atomic E-state index is 4.44. The number of azo groups is 1. The van der Waals surface area contributed by atoms with E-state index in [4.69, 9.17) is 0 Å². The molecule has 38 heavy (non-hydrogen) atoms. The van der Waals surface area contributed by atoms with Gasteiger partial charge in [-0.25, -0.2) is 0 Å². The minimum absolute atomic E-state index is 0.807. The summed E-state index contributed by atoms with van der Waals surface area (Å²) in [6, 6.07) is 54.3. The average Bonchev–Trinajstić information content (AvgIpc) is 3.01. The van der Waals surface area contributed by atoms with Gasteiger partial charge in [0.1, 0.15) is 0 Å². The number of rotatable bonds is 6. The highest BCUT2D eigenvalue weighted by atomic mass is 15.1. The van der Waals surface area contributed by atoms with Crippen molar-refractivity contribution in [2.45, 2.75) is 0 Å². The zero-order chi connectivity index (χ0) is 25.6. The number of hydrogen-bond acceptors (Lipinski definition) is 2. The molecule has 1 heterocycles. The maximum absolute atomic E-state index is 4.44. The Labute approximate surface area is 223 Å². The number of pyridine rings is 1. The maximum Gasteiger partial charge on any atom is 0.219 e. The van der Waals surface area contributed by atoms with Gasteiger partial charge in [-0.1, -0.05) is 84.9 Å². The predicted octanol–water partition coefficient (Wildman–Crippen LogP) is 9.38. The summed E-state index contributed by atoms with van der Waals surface area (Å²) in [6.45, 7) is 0. The van der Waals surface area contributed by atoms with Gasteiger partial charge in [0.05, 0.1) is 11.4 Å². The summed E-state index contributed by atoms with van der Waals surface area (Å²) < 4.78 is 2.33. The smallest absolute Gasteiger partial charge is 0.153 e. The minimum atomic E-state index is 0.807. The summed E-state index contributed by atoms with van der Waals surface area (Å²) in [4.78, 5) is 0. The highest BCUT2D eigenvalue weighted by Gasteiger charge is 2.24. The summed E-state index contributed by atoms with van der Waals surface area (Å²) in [5.41, 5.74) is 9.58. The van der Waals surface area contributed by atoms with E-state index < -0.39 is 0 Å². The van der Waals surface area contributed by atoms with Crippen molar-refractivity contribution in [1.29, 1.82) is 0 Å². The molecule has 0 spiro atoms. The molecule has 0 amide bonds. The van der Waals surface area contributed by atoms with Crippen molar-refractivity contribution in [3.05, 3.63) is 158 Å². The molecule has 0 atom stereocenters. The van der Waals surface area contributed by atoms with Gasteiger partial charge in [0.25, 0.3) is 0 Å². The second-order valence-corrected chi connectivity index (χ2v) is 9.00. The predicted molar refractivity (Wildman–Crippen MR) is 155 cm³/mol. The van der Waals surface area contributed by atoms with E-state index in [-0.39, 0.29) is 0 Å². The molecule has 3 nitrogen and oxygen atoms in total. The van der Waals surface area contributed by atoms with Crippen molar-refractivity contribution in [3.63, 3.8) is 0 Å². The van der Waals surface area contributed by atoms with Crippen molar-refractivity contribution in [2.24, 2.45) is 10.2 Å². The Morgan fingerprint density at radius 1 is 0.342 bits per heavy atom. The van der Waals surface area contributed by atoms with Gasteiger partial charge in [-0.3, -0.25) is 0 Å². The molecule has 0 saturated heterocycles. The molecular formula is C35H26N3+. The molecule has 180 valence electrons. The SMILES string of the molecule is c1ccc(N=Nc2ccc(-[n+]3c(-c4ccccc4)cc(-c4ccccc4)cc3-c3ccccc3)cc2)cc1. The van der Waals surface area contributed by atoms with Gasteiger partial charge >= 0.3 is 0 Å². The third kappa shape index (κ3) is 5.04. The number of benzene rings is 5. The van der Waals surface area contributed by atoms with Crippen LogP contribution in [-0.4, -0.2) is 0 Å². The summed E-state index contributed by atoms with van der Waals surface area (Å²) in [7, 11) is 0. The lowest BCUT2D eigenvalue weighted by Gasteiger charge is -2.12. The Bertz CT molecular complexity index is 1600. The van der Waals surface area contributed by atoms with Gasteiger partial charge in [0.15, 0.2) is 0 Å². The lowest BCUT2D eigenvalue weighted by molar-refractivity contribution is -0.572. The fourth-order valence-corrected chi connectivity index (χ4v) is 4.59. The zero-order valence-corrected chi connectivity index (χ0v) is 20.9. The Kier molecular flexibility index (Phi) is 6.64. The largest absolute Gasteiger partial charge is 0.219 e. The Morgan fingerprint density at radius 2 is 0.737 bits per heavy atom. The molecule has 0 fully saturated rings.